The molecule has 6 nitrogen and oxygen atoms in total. The summed E-state index contributed by atoms with van der Waals surface area (Å²) in [5, 5.41) is 23.2. The van der Waals surface area contributed by atoms with Crippen molar-refractivity contribution in [3.8, 4) is 11.8 Å². The Hall–Kier alpha value is -2.90. The fraction of sp³-hybridized carbons (Fsp3) is 0.308. The average molecular weight is 511 g/mol. The van der Waals surface area contributed by atoms with E-state index < -0.39 is 11.6 Å². The van der Waals surface area contributed by atoms with Crippen molar-refractivity contribution in [3.63, 3.8) is 0 Å². The molecule has 0 amide bonds. The van der Waals surface area contributed by atoms with Crippen molar-refractivity contribution in [1.29, 1.82) is 0 Å². The molecule has 5 rings (SSSR count). The highest BCUT2D eigenvalue weighted by molar-refractivity contribution is 9.10. The SMILES string of the molecule is CN1C(c2ccc(Br)cc2)c2c(c(O)n(C(Cc3ccccc3)C3=COCO3)c2O)C1(C)C. The number of hydrogen-bond acceptors (Lipinski definition) is 5. The summed E-state index contributed by atoms with van der Waals surface area (Å²) in [5.41, 5.74) is 3.05. The number of fused-ring (bicyclic) bond motifs is 1. The lowest BCUT2D eigenvalue weighted by Gasteiger charge is -2.34. The predicted octanol–water partition coefficient (Wildman–Crippen LogP) is 5.56. The maximum atomic E-state index is 11.6. The Bertz CT molecular complexity index is 1200. The fourth-order valence-electron chi connectivity index (χ4n) is 5.05. The first-order valence-electron chi connectivity index (χ1n) is 10.9. The van der Waals surface area contributed by atoms with Gasteiger partial charge in [0.05, 0.1) is 6.04 Å². The first-order chi connectivity index (χ1) is 15.8. The van der Waals surface area contributed by atoms with Gasteiger partial charge in [-0.1, -0.05) is 58.4 Å². The minimum Gasteiger partial charge on any atom is -0.494 e. The zero-order chi connectivity index (χ0) is 23.3. The van der Waals surface area contributed by atoms with E-state index in [9.17, 15) is 10.2 Å². The molecule has 0 saturated heterocycles. The number of aromatic nitrogens is 1. The number of hydrogen-bond donors (Lipinski definition) is 2. The summed E-state index contributed by atoms with van der Waals surface area (Å²) in [6.07, 6.45) is 2.10. The molecule has 2 aliphatic rings. The zero-order valence-electron chi connectivity index (χ0n) is 18.8. The Morgan fingerprint density at radius 3 is 2.39 bits per heavy atom. The number of nitrogens with zero attached hydrogens (tertiary/aromatic N) is 2. The van der Waals surface area contributed by atoms with Crippen LogP contribution in [0.25, 0.3) is 0 Å². The molecule has 2 N–H and O–H groups in total. The molecule has 7 heteroatoms. The van der Waals surface area contributed by atoms with Gasteiger partial charge >= 0.3 is 0 Å². The van der Waals surface area contributed by atoms with Crippen molar-refractivity contribution in [2.45, 2.75) is 37.9 Å². The lowest BCUT2D eigenvalue weighted by Crippen LogP contribution is -2.35. The van der Waals surface area contributed by atoms with Crippen LogP contribution in [0.3, 0.4) is 0 Å². The van der Waals surface area contributed by atoms with E-state index in [0.29, 0.717) is 12.2 Å². The van der Waals surface area contributed by atoms with Crippen LogP contribution in [-0.4, -0.2) is 33.5 Å². The molecule has 0 bridgehead atoms. The summed E-state index contributed by atoms with van der Waals surface area (Å²) in [4.78, 5) is 2.19. The molecule has 3 heterocycles. The number of halogens is 1. The predicted molar refractivity (Wildman–Crippen MR) is 129 cm³/mol. The van der Waals surface area contributed by atoms with Crippen LogP contribution in [0.2, 0.25) is 0 Å². The van der Waals surface area contributed by atoms with E-state index >= 15 is 0 Å². The van der Waals surface area contributed by atoms with Gasteiger partial charge in [0, 0.05) is 27.6 Å². The highest BCUT2D eigenvalue weighted by Crippen LogP contribution is 2.57. The average Bonchev–Trinajstić information content (AvgIpc) is 3.47. The van der Waals surface area contributed by atoms with Gasteiger partial charge in [-0.05, 0) is 44.2 Å². The summed E-state index contributed by atoms with van der Waals surface area (Å²) in [6, 6.07) is 17.4. The third-order valence-corrected chi connectivity index (χ3v) is 7.46. The van der Waals surface area contributed by atoms with E-state index in [1.807, 2.05) is 61.6 Å². The van der Waals surface area contributed by atoms with Gasteiger partial charge < -0.3 is 19.7 Å². The summed E-state index contributed by atoms with van der Waals surface area (Å²) in [6.45, 7) is 4.25. The molecule has 2 aromatic carbocycles. The van der Waals surface area contributed by atoms with Crippen LogP contribution in [0.15, 0.2) is 71.1 Å². The molecule has 2 unspecified atom stereocenters. The summed E-state index contributed by atoms with van der Waals surface area (Å²) >= 11 is 3.50. The van der Waals surface area contributed by atoms with Crippen molar-refractivity contribution in [3.05, 3.63) is 93.3 Å². The quantitative estimate of drug-likeness (QED) is 0.470. The highest BCUT2D eigenvalue weighted by Gasteiger charge is 2.50. The molecular formula is C26H27BrN2O4. The van der Waals surface area contributed by atoms with Crippen LogP contribution >= 0.6 is 15.9 Å². The zero-order valence-corrected chi connectivity index (χ0v) is 20.4. The molecule has 3 aromatic rings. The Morgan fingerprint density at radius 1 is 1.06 bits per heavy atom. The second-order valence-corrected chi connectivity index (χ2v) is 10.0. The van der Waals surface area contributed by atoms with Crippen molar-refractivity contribution < 1.29 is 19.7 Å². The van der Waals surface area contributed by atoms with Gasteiger partial charge in [0.25, 0.3) is 0 Å². The van der Waals surface area contributed by atoms with Crippen molar-refractivity contribution in [1.82, 2.24) is 9.47 Å². The first kappa shape index (κ1) is 21.9. The number of rotatable bonds is 5. The Kier molecular flexibility index (Phi) is 5.41. The first-order valence-corrected chi connectivity index (χ1v) is 11.7. The van der Waals surface area contributed by atoms with Gasteiger partial charge in [-0.2, -0.15) is 0 Å². The lowest BCUT2D eigenvalue weighted by atomic mass is 9.96. The van der Waals surface area contributed by atoms with Crippen molar-refractivity contribution in [2.75, 3.05) is 13.8 Å². The molecule has 0 radical (unpaired) electrons. The molecule has 33 heavy (non-hydrogen) atoms. The lowest BCUT2D eigenvalue weighted by molar-refractivity contribution is 0.0696. The number of benzene rings is 2. The molecule has 172 valence electrons. The smallest absolute Gasteiger partial charge is 0.229 e. The highest BCUT2D eigenvalue weighted by atomic mass is 79.9. The number of ether oxygens (including phenoxy) is 2. The van der Waals surface area contributed by atoms with E-state index in [0.717, 1.165) is 26.7 Å². The molecule has 0 fully saturated rings. The summed E-state index contributed by atoms with van der Waals surface area (Å²) in [7, 11) is 2.02. The molecule has 0 aliphatic carbocycles. The Morgan fingerprint density at radius 2 is 1.76 bits per heavy atom. The van der Waals surface area contributed by atoms with E-state index in [4.69, 9.17) is 9.47 Å². The van der Waals surface area contributed by atoms with Crippen molar-refractivity contribution in [2.24, 2.45) is 0 Å². The van der Waals surface area contributed by atoms with Crippen LogP contribution in [0.4, 0.5) is 0 Å². The topological polar surface area (TPSA) is 67.1 Å². The molecule has 0 spiro atoms. The largest absolute Gasteiger partial charge is 0.494 e. The Balaban J connectivity index is 1.67. The van der Waals surface area contributed by atoms with Crippen LogP contribution < -0.4 is 0 Å². The normalized spacial score (nSPS) is 20.1. The monoisotopic (exact) mass is 510 g/mol. The summed E-state index contributed by atoms with van der Waals surface area (Å²) in [5.74, 6) is 0.672. The minimum absolute atomic E-state index is 0.0465. The second kappa shape index (κ2) is 8.15. The molecule has 2 aliphatic heterocycles. The minimum atomic E-state index is -0.501. The molecule has 2 atom stereocenters. The van der Waals surface area contributed by atoms with Crippen molar-refractivity contribution >= 4 is 15.9 Å². The van der Waals surface area contributed by atoms with Crippen LogP contribution in [0.1, 0.15) is 48.2 Å². The summed E-state index contributed by atoms with van der Waals surface area (Å²) < 4.78 is 13.7. The molecule has 0 saturated carbocycles. The van der Waals surface area contributed by atoms with Gasteiger partial charge in [0.15, 0.2) is 17.5 Å². The van der Waals surface area contributed by atoms with E-state index in [1.54, 1.807) is 10.8 Å². The van der Waals surface area contributed by atoms with Crippen LogP contribution in [0, 0.1) is 0 Å². The Labute approximate surface area is 201 Å². The van der Waals surface area contributed by atoms with Gasteiger partial charge in [0.2, 0.25) is 6.79 Å². The second-order valence-electron chi connectivity index (χ2n) is 9.08. The van der Waals surface area contributed by atoms with Gasteiger partial charge in [0.1, 0.15) is 12.3 Å². The number of aromatic hydroxyl groups is 2. The van der Waals surface area contributed by atoms with E-state index in [2.05, 4.69) is 34.7 Å². The third-order valence-electron chi connectivity index (χ3n) is 6.94. The molecule has 1 aromatic heterocycles. The standard InChI is InChI=1S/C26H27BrN2O4/c1-26(2)22-21(23(28(26)3)17-9-11-18(27)12-10-17)24(30)29(25(22)31)19(20-14-32-15-33-20)13-16-7-5-4-6-8-16/h4-12,14,19,23,30-31H,13,15H2,1-3H3. The van der Waals surface area contributed by atoms with Gasteiger partial charge in [-0.25, -0.2) is 0 Å². The van der Waals surface area contributed by atoms with Gasteiger partial charge in [-0.3, -0.25) is 9.47 Å². The van der Waals surface area contributed by atoms with E-state index in [-0.39, 0.29) is 24.6 Å². The van der Waals surface area contributed by atoms with E-state index in [1.165, 1.54) is 0 Å². The fourth-order valence-corrected chi connectivity index (χ4v) is 5.32. The van der Waals surface area contributed by atoms with Gasteiger partial charge in [-0.15, -0.1) is 0 Å². The van der Waals surface area contributed by atoms with Crippen LogP contribution in [0.5, 0.6) is 11.8 Å². The maximum absolute atomic E-state index is 11.6. The molecular weight excluding hydrogens is 484 g/mol. The maximum Gasteiger partial charge on any atom is 0.229 e. The third kappa shape index (κ3) is 3.50. The number of allylic oxidation sites excluding steroid dienone is 1. The van der Waals surface area contributed by atoms with Crippen LogP contribution in [-0.2, 0) is 21.4 Å².